The number of hydrogen-bond donors (Lipinski definition) is 6. The van der Waals surface area contributed by atoms with Crippen LogP contribution in [0.2, 0.25) is 0 Å². The van der Waals surface area contributed by atoms with E-state index in [1.54, 1.807) is 11.1 Å². The Morgan fingerprint density at radius 3 is 1.16 bits per heavy atom. The molecule has 25 heavy (non-hydrogen) atoms. The Bertz CT molecular complexity index is 472. The topological polar surface area (TPSA) is 121 Å². The molecule has 0 aliphatic carbocycles. The Morgan fingerprint density at radius 2 is 0.960 bits per heavy atom. The van der Waals surface area contributed by atoms with Crippen LogP contribution >= 0.6 is 13.4 Å². The zero-order chi connectivity index (χ0) is 19.2. The molecule has 0 aliphatic rings. The van der Waals surface area contributed by atoms with Crippen molar-refractivity contribution in [3.05, 3.63) is 35.4 Å². The van der Waals surface area contributed by atoms with E-state index < -0.39 is 13.4 Å². The fourth-order valence-electron chi connectivity index (χ4n) is 1.78. The van der Waals surface area contributed by atoms with Gasteiger partial charge in [0.05, 0.1) is 0 Å². The average molecular weight is 484 g/mol. The Morgan fingerprint density at radius 1 is 0.720 bits per heavy atom. The van der Waals surface area contributed by atoms with Gasteiger partial charge in [0.25, 0.3) is 0 Å². The molecule has 0 saturated carbocycles. The summed E-state index contributed by atoms with van der Waals surface area (Å²) in [5, 5.41) is 0. The third-order valence-corrected chi connectivity index (χ3v) is 2.72. The maximum absolute atomic E-state index is 7.56. The molecule has 6 nitrogen and oxygen atoms in total. The first-order valence-electron chi connectivity index (χ1n) is 7.51. The molecule has 6 N–H and O–H groups in total. The van der Waals surface area contributed by atoms with Gasteiger partial charge in [-0.1, -0.05) is 51.0 Å². The van der Waals surface area contributed by atoms with Crippen molar-refractivity contribution in [1.82, 2.24) is 0 Å². The maximum atomic E-state index is 7.56. The number of unbranched alkanes of at least 4 members (excludes halogenated alkanes) is 2. The van der Waals surface area contributed by atoms with E-state index in [0.29, 0.717) is 0 Å². The van der Waals surface area contributed by atoms with Crippen LogP contribution in [0.5, 0.6) is 0 Å². The van der Waals surface area contributed by atoms with Crippen molar-refractivity contribution in [2.45, 2.75) is 52.4 Å². The van der Waals surface area contributed by atoms with Crippen molar-refractivity contribution < 1.29 is 48.8 Å². The summed E-state index contributed by atoms with van der Waals surface area (Å²) in [6.07, 6.45) is 7.75. The Kier molecular flexibility index (Phi) is 20.9. The van der Waals surface area contributed by atoms with Crippen molar-refractivity contribution in [3.8, 4) is 0 Å². The summed E-state index contributed by atoms with van der Waals surface area (Å²) < 4.78 is 0. The maximum Gasteiger partial charge on any atom is 0.319 e. The molecule has 144 valence electrons. The fraction of sp³-hybridized carbons (Fsp3) is 0.571. The molecule has 0 aromatic heterocycles. The Hall–Kier alpha value is 0.903. The molecule has 1 rings (SSSR count). The summed E-state index contributed by atoms with van der Waals surface area (Å²) in [5.74, 6) is 0. The molecule has 0 unspecified atom stereocenters. The van der Waals surface area contributed by atoms with Crippen LogP contribution in [0.1, 0.15) is 50.7 Å². The minimum Gasteiger partial charge on any atom is -0.325 e. The van der Waals surface area contributed by atoms with Gasteiger partial charge in [0, 0.05) is 19.5 Å². The molecule has 0 radical (unpaired) electrons. The first-order chi connectivity index (χ1) is 10.9. The largest absolute Gasteiger partial charge is 0.325 e. The molecule has 0 heterocycles. The SMILES string of the molecule is CCCCc1ccccc1CCCC.OP(O)(O)=S.OP(O)(O)=S.[Zn]. The minimum absolute atomic E-state index is 0. The van der Waals surface area contributed by atoms with Gasteiger partial charge in [-0.15, -0.1) is 0 Å². The van der Waals surface area contributed by atoms with Gasteiger partial charge in [-0.3, -0.25) is 0 Å². The number of aryl methyl sites for hydroxylation is 2. The summed E-state index contributed by atoms with van der Waals surface area (Å²) in [4.78, 5) is 45.3. The quantitative estimate of drug-likeness (QED) is 0.270. The molecule has 0 bridgehead atoms. The van der Waals surface area contributed by atoms with E-state index in [-0.39, 0.29) is 19.5 Å². The monoisotopic (exact) mass is 482 g/mol. The van der Waals surface area contributed by atoms with Crippen LogP contribution in [0.25, 0.3) is 0 Å². The molecule has 0 saturated heterocycles. The van der Waals surface area contributed by atoms with Crippen LogP contribution in [0, 0.1) is 0 Å². The molecule has 0 amide bonds. The molecule has 1 aromatic rings. The third kappa shape index (κ3) is 33.0. The number of rotatable bonds is 6. The van der Waals surface area contributed by atoms with Gasteiger partial charge in [0.15, 0.2) is 0 Å². The predicted octanol–water partition coefficient (Wildman–Crippen LogP) is 2.74. The second-order valence-corrected chi connectivity index (χ2v) is 9.99. The summed E-state index contributed by atoms with van der Waals surface area (Å²) in [6, 6.07) is 8.92. The van der Waals surface area contributed by atoms with Gasteiger partial charge in [-0.2, -0.15) is 0 Å². The molecular formula is C14H28O6P2S2Zn. The average Bonchev–Trinajstić information content (AvgIpc) is 2.40. The standard InChI is InChI=1S/C14H22.2H3O3PS.Zn/c1-3-5-9-13-11-7-8-12-14(13)10-6-4-2;2*1-4(2,3)5;/h7-8,11-12H,3-6,9-10H2,1-2H3;2*(H3,1,2,3,5);. The van der Waals surface area contributed by atoms with E-state index in [1.807, 2.05) is 0 Å². The smallest absolute Gasteiger partial charge is 0.319 e. The van der Waals surface area contributed by atoms with Gasteiger partial charge in [-0.05, 0) is 60.4 Å². The zero-order valence-electron chi connectivity index (χ0n) is 14.7. The minimum atomic E-state index is -3.81. The van der Waals surface area contributed by atoms with E-state index in [9.17, 15) is 0 Å². The van der Waals surface area contributed by atoms with E-state index in [2.05, 4.69) is 61.7 Å². The molecular weight excluding hydrogens is 456 g/mol. The van der Waals surface area contributed by atoms with E-state index >= 15 is 0 Å². The second-order valence-electron chi connectivity index (χ2n) is 5.00. The van der Waals surface area contributed by atoms with Crippen molar-refractivity contribution in [2.75, 3.05) is 0 Å². The van der Waals surface area contributed by atoms with E-state index in [4.69, 9.17) is 29.4 Å². The molecule has 1 aromatic carbocycles. The second kappa shape index (κ2) is 17.0. The Labute approximate surface area is 173 Å². The van der Waals surface area contributed by atoms with Crippen LogP contribution in [-0.2, 0) is 55.9 Å². The van der Waals surface area contributed by atoms with Crippen LogP contribution in [0.15, 0.2) is 24.3 Å². The van der Waals surface area contributed by atoms with Crippen LogP contribution in [0.3, 0.4) is 0 Å². The van der Waals surface area contributed by atoms with Gasteiger partial charge in [0.2, 0.25) is 0 Å². The predicted molar refractivity (Wildman–Crippen MR) is 106 cm³/mol. The summed E-state index contributed by atoms with van der Waals surface area (Å²) >= 11 is 7.21. The number of benzene rings is 1. The van der Waals surface area contributed by atoms with Crippen molar-refractivity contribution in [1.29, 1.82) is 0 Å². The van der Waals surface area contributed by atoms with Crippen LogP contribution in [0.4, 0.5) is 0 Å². The van der Waals surface area contributed by atoms with E-state index in [1.165, 1.54) is 38.5 Å². The molecule has 11 heteroatoms. The number of hydrogen-bond acceptors (Lipinski definition) is 2. The normalized spacial score (nSPS) is 10.6. The van der Waals surface area contributed by atoms with Gasteiger partial charge < -0.3 is 29.4 Å². The molecule has 0 aliphatic heterocycles. The van der Waals surface area contributed by atoms with Gasteiger partial charge in [-0.25, -0.2) is 0 Å². The zero-order valence-corrected chi connectivity index (χ0v) is 21.0. The summed E-state index contributed by atoms with van der Waals surface area (Å²) in [7, 11) is 0. The first-order valence-corrected chi connectivity index (χ1v) is 12.8. The fourth-order valence-corrected chi connectivity index (χ4v) is 1.78. The molecule has 0 fully saturated rings. The molecule has 0 atom stereocenters. The van der Waals surface area contributed by atoms with Crippen molar-refractivity contribution in [2.24, 2.45) is 0 Å². The van der Waals surface area contributed by atoms with Crippen LogP contribution in [-0.4, -0.2) is 29.4 Å². The third-order valence-electron chi connectivity index (χ3n) is 2.72. The van der Waals surface area contributed by atoms with E-state index in [0.717, 1.165) is 0 Å². The van der Waals surface area contributed by atoms with Crippen molar-refractivity contribution >= 4 is 37.1 Å². The first kappa shape index (κ1) is 30.6. The molecule has 0 spiro atoms. The van der Waals surface area contributed by atoms with Crippen LogP contribution < -0.4 is 0 Å². The van der Waals surface area contributed by atoms with Gasteiger partial charge in [0.1, 0.15) is 0 Å². The van der Waals surface area contributed by atoms with Crippen molar-refractivity contribution in [3.63, 3.8) is 0 Å². The summed E-state index contributed by atoms with van der Waals surface area (Å²) in [6.45, 7) is -3.09. The van der Waals surface area contributed by atoms with Gasteiger partial charge >= 0.3 is 13.4 Å². The summed E-state index contributed by atoms with van der Waals surface area (Å²) in [5.41, 5.74) is 3.14. The Balaban J connectivity index is -0.000000368.